The number of anilines is 2. The van der Waals surface area contributed by atoms with Crippen molar-refractivity contribution in [3.8, 4) is 0 Å². The van der Waals surface area contributed by atoms with Gasteiger partial charge in [0.05, 0.1) is 11.4 Å². The topological polar surface area (TPSA) is 61.6 Å². The van der Waals surface area contributed by atoms with Gasteiger partial charge in [0.1, 0.15) is 0 Å². The molecule has 1 fully saturated rings. The van der Waals surface area contributed by atoms with Gasteiger partial charge in [-0.25, -0.2) is 0 Å². The van der Waals surface area contributed by atoms with Crippen LogP contribution >= 0.6 is 0 Å². The summed E-state index contributed by atoms with van der Waals surface area (Å²) in [5.41, 5.74) is 8.24. The number of nitrogens with one attached hydrogen (secondary N) is 1. The van der Waals surface area contributed by atoms with Crippen molar-refractivity contribution in [2.45, 2.75) is 12.8 Å². The van der Waals surface area contributed by atoms with E-state index in [1.54, 1.807) is 25.1 Å². The fourth-order valence-electron chi connectivity index (χ4n) is 2.64. The Balaban J connectivity index is 1.93. The Morgan fingerprint density at radius 2 is 2.05 bits per heavy atom. The Labute approximate surface area is 127 Å². The zero-order chi connectivity index (χ0) is 15.4. The minimum absolute atomic E-state index is 0.0245. The number of piperidine rings is 1. The van der Waals surface area contributed by atoms with Crippen molar-refractivity contribution in [3.05, 3.63) is 23.8 Å². The van der Waals surface area contributed by atoms with Crippen LogP contribution in [0.3, 0.4) is 0 Å². The van der Waals surface area contributed by atoms with E-state index in [-0.39, 0.29) is 5.91 Å². The van der Waals surface area contributed by atoms with Gasteiger partial charge in [-0.2, -0.15) is 0 Å². The highest BCUT2D eigenvalue weighted by Crippen LogP contribution is 2.23. The van der Waals surface area contributed by atoms with E-state index in [4.69, 9.17) is 5.73 Å². The van der Waals surface area contributed by atoms with E-state index in [1.165, 1.54) is 12.8 Å². The monoisotopic (exact) mass is 290 g/mol. The zero-order valence-corrected chi connectivity index (χ0v) is 13.2. The molecule has 2 rings (SSSR count). The van der Waals surface area contributed by atoms with E-state index in [2.05, 4.69) is 17.3 Å². The third-order valence-corrected chi connectivity index (χ3v) is 4.12. The molecule has 3 N–H and O–H groups in total. The van der Waals surface area contributed by atoms with E-state index < -0.39 is 0 Å². The highest BCUT2D eigenvalue weighted by atomic mass is 16.2. The van der Waals surface area contributed by atoms with Gasteiger partial charge in [-0.15, -0.1) is 0 Å². The lowest BCUT2D eigenvalue weighted by atomic mass is 9.97. The SMILES string of the molecule is CN1CCC(CNc2ccc(C(=O)N(C)C)cc2N)CC1. The lowest BCUT2D eigenvalue weighted by Crippen LogP contribution is -2.33. The molecule has 0 unspecified atom stereocenters. The van der Waals surface area contributed by atoms with Crippen LogP contribution in [0.1, 0.15) is 23.2 Å². The molecule has 0 spiro atoms. The predicted molar refractivity (Wildman–Crippen MR) is 87.6 cm³/mol. The molecule has 0 bridgehead atoms. The normalized spacial score (nSPS) is 16.7. The number of benzene rings is 1. The minimum Gasteiger partial charge on any atom is -0.397 e. The highest BCUT2D eigenvalue weighted by Gasteiger charge is 2.17. The predicted octanol–water partition coefficient (Wildman–Crippen LogP) is 1.72. The summed E-state index contributed by atoms with van der Waals surface area (Å²) in [6.07, 6.45) is 2.45. The van der Waals surface area contributed by atoms with Gasteiger partial charge >= 0.3 is 0 Å². The van der Waals surface area contributed by atoms with E-state index in [0.29, 0.717) is 17.2 Å². The Kier molecular flexibility index (Phi) is 5.07. The van der Waals surface area contributed by atoms with E-state index in [0.717, 1.165) is 25.3 Å². The first-order valence-electron chi connectivity index (χ1n) is 7.51. The molecular weight excluding hydrogens is 264 g/mol. The minimum atomic E-state index is -0.0245. The maximum absolute atomic E-state index is 11.9. The second-order valence-corrected chi connectivity index (χ2v) is 6.13. The number of rotatable bonds is 4. The Morgan fingerprint density at radius 3 is 2.62 bits per heavy atom. The zero-order valence-electron chi connectivity index (χ0n) is 13.2. The highest BCUT2D eigenvalue weighted by molar-refractivity contribution is 5.95. The number of nitrogen functional groups attached to an aromatic ring is 1. The Hall–Kier alpha value is -1.75. The van der Waals surface area contributed by atoms with E-state index >= 15 is 0 Å². The molecule has 1 heterocycles. The molecule has 1 aromatic rings. The quantitative estimate of drug-likeness (QED) is 0.829. The first-order valence-corrected chi connectivity index (χ1v) is 7.51. The number of carbonyl (C=O) groups is 1. The standard InChI is InChI=1S/C16H26N4O/c1-19(2)16(21)13-4-5-15(14(17)10-13)18-11-12-6-8-20(3)9-7-12/h4-5,10,12,18H,6-9,11,17H2,1-3H3. The lowest BCUT2D eigenvalue weighted by molar-refractivity contribution is 0.0827. The summed E-state index contributed by atoms with van der Waals surface area (Å²) in [5, 5.41) is 3.42. The largest absolute Gasteiger partial charge is 0.397 e. The molecule has 0 aromatic heterocycles. The van der Waals surface area contributed by atoms with Gasteiger partial charge in [0, 0.05) is 26.2 Å². The van der Waals surface area contributed by atoms with Gasteiger partial charge in [0.25, 0.3) is 5.91 Å². The fraction of sp³-hybridized carbons (Fsp3) is 0.562. The van der Waals surface area contributed by atoms with Crippen LogP contribution in [0.15, 0.2) is 18.2 Å². The summed E-state index contributed by atoms with van der Waals surface area (Å²) in [6.45, 7) is 3.27. The maximum Gasteiger partial charge on any atom is 0.253 e. The van der Waals surface area contributed by atoms with Crippen LogP contribution in [0.4, 0.5) is 11.4 Å². The van der Waals surface area contributed by atoms with Gasteiger partial charge in [-0.3, -0.25) is 4.79 Å². The number of carbonyl (C=O) groups excluding carboxylic acids is 1. The van der Waals surface area contributed by atoms with Gasteiger partial charge in [0.15, 0.2) is 0 Å². The summed E-state index contributed by atoms with van der Waals surface area (Å²) in [7, 11) is 5.65. The van der Waals surface area contributed by atoms with E-state index in [1.807, 2.05) is 12.1 Å². The molecule has 21 heavy (non-hydrogen) atoms. The first kappa shape index (κ1) is 15.6. The van der Waals surface area contributed by atoms with Crippen molar-refractivity contribution < 1.29 is 4.79 Å². The molecule has 0 saturated carbocycles. The van der Waals surface area contributed by atoms with Crippen LogP contribution in [0, 0.1) is 5.92 Å². The Morgan fingerprint density at radius 1 is 1.38 bits per heavy atom. The van der Waals surface area contributed by atoms with Gasteiger partial charge in [0.2, 0.25) is 0 Å². The van der Waals surface area contributed by atoms with Crippen molar-refractivity contribution in [2.24, 2.45) is 5.92 Å². The van der Waals surface area contributed by atoms with Crippen molar-refractivity contribution in [1.29, 1.82) is 0 Å². The van der Waals surface area contributed by atoms with Crippen molar-refractivity contribution in [1.82, 2.24) is 9.80 Å². The number of nitrogens with zero attached hydrogens (tertiary/aromatic N) is 2. The summed E-state index contributed by atoms with van der Waals surface area (Å²) < 4.78 is 0. The molecule has 5 nitrogen and oxygen atoms in total. The second-order valence-electron chi connectivity index (χ2n) is 6.13. The molecule has 1 aliphatic rings. The summed E-state index contributed by atoms with van der Waals surface area (Å²) in [5.74, 6) is 0.673. The smallest absolute Gasteiger partial charge is 0.253 e. The van der Waals surface area contributed by atoms with Crippen LogP contribution in [-0.4, -0.2) is 56.5 Å². The molecule has 1 aliphatic heterocycles. The van der Waals surface area contributed by atoms with Crippen molar-refractivity contribution in [2.75, 3.05) is 51.8 Å². The van der Waals surface area contributed by atoms with E-state index in [9.17, 15) is 4.79 Å². The van der Waals surface area contributed by atoms with Crippen LogP contribution < -0.4 is 11.1 Å². The lowest BCUT2D eigenvalue weighted by Gasteiger charge is -2.29. The van der Waals surface area contributed by atoms with Gasteiger partial charge < -0.3 is 20.9 Å². The number of hydrogen-bond donors (Lipinski definition) is 2. The van der Waals surface area contributed by atoms with Crippen molar-refractivity contribution >= 4 is 17.3 Å². The molecule has 0 atom stereocenters. The molecule has 0 radical (unpaired) electrons. The van der Waals surface area contributed by atoms with Gasteiger partial charge in [-0.05, 0) is 57.1 Å². The first-order chi connectivity index (χ1) is 9.97. The molecule has 1 aromatic carbocycles. The average molecular weight is 290 g/mol. The molecule has 116 valence electrons. The van der Waals surface area contributed by atoms with Crippen LogP contribution in [-0.2, 0) is 0 Å². The molecular formula is C16H26N4O. The second kappa shape index (κ2) is 6.80. The number of nitrogens with two attached hydrogens (primary N) is 1. The number of likely N-dealkylation sites (tertiary alicyclic amines) is 1. The third kappa shape index (κ3) is 4.11. The number of amides is 1. The molecule has 5 heteroatoms. The maximum atomic E-state index is 11.9. The van der Waals surface area contributed by atoms with Crippen LogP contribution in [0.5, 0.6) is 0 Å². The Bertz CT molecular complexity index is 493. The summed E-state index contributed by atoms with van der Waals surface area (Å²) in [4.78, 5) is 15.8. The van der Waals surface area contributed by atoms with Crippen LogP contribution in [0.2, 0.25) is 0 Å². The molecule has 1 amide bonds. The molecule has 0 aliphatic carbocycles. The summed E-state index contributed by atoms with van der Waals surface area (Å²) >= 11 is 0. The van der Waals surface area contributed by atoms with Crippen LogP contribution in [0.25, 0.3) is 0 Å². The fourth-order valence-corrected chi connectivity index (χ4v) is 2.64. The molecule has 1 saturated heterocycles. The van der Waals surface area contributed by atoms with Crippen molar-refractivity contribution in [3.63, 3.8) is 0 Å². The van der Waals surface area contributed by atoms with Gasteiger partial charge in [-0.1, -0.05) is 0 Å². The summed E-state index contributed by atoms with van der Waals surface area (Å²) in [6, 6.07) is 5.48. The average Bonchev–Trinajstić information content (AvgIpc) is 2.46. The number of hydrogen-bond acceptors (Lipinski definition) is 4. The third-order valence-electron chi connectivity index (χ3n) is 4.12.